The van der Waals surface area contributed by atoms with E-state index < -0.39 is 0 Å². The van der Waals surface area contributed by atoms with Crippen molar-refractivity contribution in [1.29, 1.82) is 0 Å². The van der Waals surface area contributed by atoms with Crippen LogP contribution in [0.4, 0.5) is 0 Å². The highest BCUT2D eigenvalue weighted by Gasteiger charge is 2.09. The molecular formula is C22H28IN5S. The second-order valence-corrected chi connectivity index (χ2v) is 7.44. The highest BCUT2D eigenvalue weighted by Crippen LogP contribution is 2.15. The van der Waals surface area contributed by atoms with Crippen molar-refractivity contribution in [1.82, 2.24) is 19.8 Å². The van der Waals surface area contributed by atoms with Gasteiger partial charge in [0.2, 0.25) is 0 Å². The number of hydrogen-bond donors (Lipinski definition) is 1. The molecule has 154 valence electrons. The van der Waals surface area contributed by atoms with E-state index >= 15 is 0 Å². The number of halogens is 1. The van der Waals surface area contributed by atoms with Gasteiger partial charge in [0.15, 0.2) is 5.96 Å². The lowest BCUT2D eigenvalue weighted by atomic mass is 10.2. The fourth-order valence-corrected chi connectivity index (χ4v) is 3.46. The SMILES string of the molecule is CN=C(NCc1nccn1Cc1ccccc1)N(C)Cc1ccc(SC)cc1.I. The molecule has 2 aromatic carbocycles. The molecule has 0 saturated heterocycles. The van der Waals surface area contributed by atoms with Crippen LogP contribution in [0.1, 0.15) is 17.0 Å². The zero-order valence-electron chi connectivity index (χ0n) is 17.1. The van der Waals surface area contributed by atoms with Crippen LogP contribution < -0.4 is 5.32 Å². The Bertz CT molecular complexity index is 893. The molecule has 0 spiro atoms. The molecule has 0 saturated carbocycles. The summed E-state index contributed by atoms with van der Waals surface area (Å²) < 4.78 is 2.16. The largest absolute Gasteiger partial charge is 0.349 e. The maximum Gasteiger partial charge on any atom is 0.194 e. The maximum atomic E-state index is 4.51. The van der Waals surface area contributed by atoms with Crippen LogP contribution in [-0.2, 0) is 19.6 Å². The van der Waals surface area contributed by atoms with Crippen molar-refractivity contribution in [3.05, 3.63) is 83.9 Å². The minimum atomic E-state index is 0. The fraction of sp³-hybridized carbons (Fsp3) is 0.273. The molecule has 1 aromatic heterocycles. The molecule has 3 aromatic rings. The zero-order valence-corrected chi connectivity index (χ0v) is 20.2. The van der Waals surface area contributed by atoms with E-state index in [4.69, 9.17) is 0 Å². The van der Waals surface area contributed by atoms with Crippen molar-refractivity contribution in [2.45, 2.75) is 24.5 Å². The lowest BCUT2D eigenvalue weighted by Gasteiger charge is -2.22. The molecule has 0 amide bonds. The molecule has 5 nitrogen and oxygen atoms in total. The van der Waals surface area contributed by atoms with Crippen LogP contribution in [0.5, 0.6) is 0 Å². The van der Waals surface area contributed by atoms with Crippen LogP contribution in [0.3, 0.4) is 0 Å². The number of aromatic nitrogens is 2. The molecule has 0 radical (unpaired) electrons. The quantitative estimate of drug-likeness (QED) is 0.216. The van der Waals surface area contributed by atoms with Crippen LogP contribution in [0.15, 0.2) is 76.9 Å². The molecule has 1 heterocycles. The van der Waals surface area contributed by atoms with Gasteiger partial charge in [0.1, 0.15) is 5.82 Å². The van der Waals surface area contributed by atoms with Crippen LogP contribution in [-0.4, -0.2) is 40.8 Å². The van der Waals surface area contributed by atoms with Gasteiger partial charge < -0.3 is 14.8 Å². The van der Waals surface area contributed by atoms with E-state index in [-0.39, 0.29) is 24.0 Å². The molecule has 3 rings (SSSR count). The number of hydrogen-bond acceptors (Lipinski definition) is 3. The van der Waals surface area contributed by atoms with Gasteiger partial charge in [-0.25, -0.2) is 4.98 Å². The number of benzene rings is 2. The van der Waals surface area contributed by atoms with E-state index in [2.05, 4.69) is 79.5 Å². The van der Waals surface area contributed by atoms with Gasteiger partial charge in [-0.1, -0.05) is 42.5 Å². The predicted octanol–water partition coefficient (Wildman–Crippen LogP) is 4.48. The van der Waals surface area contributed by atoms with Crippen LogP contribution >= 0.6 is 35.7 Å². The smallest absolute Gasteiger partial charge is 0.194 e. The van der Waals surface area contributed by atoms with E-state index in [9.17, 15) is 0 Å². The Hall–Kier alpha value is -2.00. The molecule has 0 atom stereocenters. The van der Waals surface area contributed by atoms with Crippen molar-refractivity contribution < 1.29 is 0 Å². The summed E-state index contributed by atoms with van der Waals surface area (Å²) in [5.74, 6) is 1.84. The van der Waals surface area contributed by atoms with Gasteiger partial charge in [0.05, 0.1) is 6.54 Å². The van der Waals surface area contributed by atoms with E-state index in [0.717, 1.165) is 24.9 Å². The summed E-state index contributed by atoms with van der Waals surface area (Å²) in [6.07, 6.45) is 5.96. The van der Waals surface area contributed by atoms with Gasteiger partial charge in [0, 0.05) is 44.5 Å². The van der Waals surface area contributed by atoms with Crippen molar-refractivity contribution in [2.75, 3.05) is 20.4 Å². The molecule has 0 aliphatic heterocycles. The summed E-state index contributed by atoms with van der Waals surface area (Å²) in [7, 11) is 3.86. The Labute approximate surface area is 194 Å². The highest BCUT2D eigenvalue weighted by molar-refractivity contribution is 14.0. The third-order valence-electron chi connectivity index (χ3n) is 4.55. The monoisotopic (exact) mass is 521 g/mol. The first-order valence-electron chi connectivity index (χ1n) is 9.28. The average Bonchev–Trinajstić information content (AvgIpc) is 3.16. The first-order chi connectivity index (χ1) is 13.7. The van der Waals surface area contributed by atoms with Crippen LogP contribution in [0, 0.1) is 0 Å². The standard InChI is InChI=1S/C22H27N5S.HI/c1-23-22(26(2)16-19-9-11-20(28-3)12-10-19)25-15-21-24-13-14-27(21)17-18-7-5-4-6-8-18;/h4-14H,15-17H2,1-3H3,(H,23,25);1H. The zero-order chi connectivity index (χ0) is 19.8. The summed E-state index contributed by atoms with van der Waals surface area (Å²) in [5.41, 5.74) is 2.52. The van der Waals surface area contributed by atoms with Crippen molar-refractivity contribution in [3.63, 3.8) is 0 Å². The first-order valence-corrected chi connectivity index (χ1v) is 10.5. The van der Waals surface area contributed by atoms with Gasteiger partial charge in [-0.2, -0.15) is 0 Å². The number of nitrogens with zero attached hydrogens (tertiary/aromatic N) is 4. The number of rotatable bonds is 7. The van der Waals surface area contributed by atoms with E-state index in [1.165, 1.54) is 16.0 Å². The Morgan fingerprint density at radius 3 is 2.48 bits per heavy atom. The minimum Gasteiger partial charge on any atom is -0.349 e. The summed E-state index contributed by atoms with van der Waals surface area (Å²) in [6.45, 7) is 2.24. The van der Waals surface area contributed by atoms with Gasteiger partial charge in [-0.15, -0.1) is 35.7 Å². The third kappa shape index (κ3) is 6.78. The van der Waals surface area contributed by atoms with Gasteiger partial charge in [-0.05, 0) is 29.5 Å². The lowest BCUT2D eigenvalue weighted by molar-refractivity contribution is 0.474. The molecule has 0 fully saturated rings. The minimum absolute atomic E-state index is 0. The van der Waals surface area contributed by atoms with E-state index in [1.54, 1.807) is 11.8 Å². The Balaban J connectivity index is 0.00000300. The summed E-state index contributed by atoms with van der Waals surface area (Å²) in [6, 6.07) is 19.1. The number of imidazole rings is 1. The number of guanidine groups is 1. The molecule has 1 N–H and O–H groups in total. The van der Waals surface area contributed by atoms with Gasteiger partial charge in [0.25, 0.3) is 0 Å². The number of aliphatic imine (C=N–C) groups is 1. The summed E-state index contributed by atoms with van der Waals surface area (Å²) >= 11 is 1.76. The fourth-order valence-electron chi connectivity index (χ4n) is 3.05. The molecule has 29 heavy (non-hydrogen) atoms. The average molecular weight is 521 g/mol. The number of thioether (sulfide) groups is 1. The maximum absolute atomic E-state index is 4.51. The predicted molar refractivity (Wildman–Crippen MR) is 133 cm³/mol. The Kier molecular flexibility index (Phi) is 9.53. The van der Waals surface area contributed by atoms with Crippen molar-refractivity contribution >= 4 is 41.7 Å². The van der Waals surface area contributed by atoms with Crippen LogP contribution in [0.25, 0.3) is 0 Å². The molecule has 0 aliphatic rings. The molecular weight excluding hydrogens is 493 g/mol. The van der Waals surface area contributed by atoms with Crippen molar-refractivity contribution in [3.8, 4) is 0 Å². The van der Waals surface area contributed by atoms with Gasteiger partial charge >= 0.3 is 0 Å². The second kappa shape index (κ2) is 11.9. The van der Waals surface area contributed by atoms with Crippen LogP contribution in [0.2, 0.25) is 0 Å². The Morgan fingerprint density at radius 2 is 1.83 bits per heavy atom. The lowest BCUT2D eigenvalue weighted by Crippen LogP contribution is -2.38. The van der Waals surface area contributed by atoms with E-state index in [1.807, 2.05) is 32.6 Å². The second-order valence-electron chi connectivity index (χ2n) is 6.56. The normalized spacial score (nSPS) is 11.1. The van der Waals surface area contributed by atoms with Crippen molar-refractivity contribution in [2.24, 2.45) is 4.99 Å². The summed E-state index contributed by atoms with van der Waals surface area (Å²) in [5, 5.41) is 3.43. The van der Waals surface area contributed by atoms with E-state index in [0.29, 0.717) is 6.54 Å². The summed E-state index contributed by atoms with van der Waals surface area (Å²) in [4.78, 5) is 12.3. The highest BCUT2D eigenvalue weighted by atomic mass is 127. The Morgan fingerprint density at radius 1 is 1.10 bits per heavy atom. The first kappa shape index (κ1) is 23.3. The van der Waals surface area contributed by atoms with Gasteiger partial charge in [-0.3, -0.25) is 4.99 Å². The molecule has 0 bridgehead atoms. The topological polar surface area (TPSA) is 45.5 Å². The molecule has 0 aliphatic carbocycles. The third-order valence-corrected chi connectivity index (χ3v) is 5.30. The number of nitrogens with one attached hydrogen (secondary N) is 1. The molecule has 0 unspecified atom stereocenters. The molecule has 7 heteroatoms.